The lowest BCUT2D eigenvalue weighted by atomic mass is 9.96. The molecule has 2 heterocycles. The van der Waals surface area contributed by atoms with Gasteiger partial charge in [0.2, 0.25) is 16.9 Å². The summed E-state index contributed by atoms with van der Waals surface area (Å²) in [6.07, 6.45) is 6.40. The number of nitrogens with zero attached hydrogens (tertiary/aromatic N) is 4. The number of hydrogen-bond donors (Lipinski definition) is 1. The normalized spacial score (nSPS) is 16.5. The van der Waals surface area contributed by atoms with Gasteiger partial charge in [0, 0.05) is 11.6 Å². The molecule has 6 nitrogen and oxygen atoms in total. The topological polar surface area (TPSA) is 76.7 Å². The van der Waals surface area contributed by atoms with Crippen LogP contribution >= 0.6 is 23.1 Å². The number of benzene rings is 1. The van der Waals surface area contributed by atoms with Crippen LogP contribution in [0.1, 0.15) is 50.2 Å². The van der Waals surface area contributed by atoms with Crippen molar-refractivity contribution in [3.63, 3.8) is 0 Å². The highest BCUT2D eigenvalue weighted by molar-refractivity contribution is 8.01. The van der Waals surface area contributed by atoms with Gasteiger partial charge in [0.25, 0.3) is 0 Å². The SMILES string of the molecule is C[C@@H](Sc1nnc(NC2CCCCC2)s1)c1nnc(-c2ccccc2)o1. The van der Waals surface area contributed by atoms with Gasteiger partial charge in [-0.25, -0.2) is 0 Å². The maximum atomic E-state index is 5.83. The molecule has 1 aliphatic carbocycles. The maximum absolute atomic E-state index is 5.83. The van der Waals surface area contributed by atoms with Crippen molar-refractivity contribution in [2.24, 2.45) is 0 Å². The first-order valence-corrected chi connectivity index (χ1v) is 10.6. The summed E-state index contributed by atoms with van der Waals surface area (Å²) in [4.78, 5) is 0. The van der Waals surface area contributed by atoms with Gasteiger partial charge in [-0.05, 0) is 31.9 Å². The maximum Gasteiger partial charge on any atom is 0.247 e. The summed E-state index contributed by atoms with van der Waals surface area (Å²) in [7, 11) is 0. The molecule has 1 N–H and O–H groups in total. The van der Waals surface area contributed by atoms with Crippen LogP contribution in [-0.4, -0.2) is 26.4 Å². The fraction of sp³-hybridized carbons (Fsp3) is 0.444. The first-order valence-electron chi connectivity index (χ1n) is 8.93. The molecule has 0 amide bonds. The second-order valence-corrected chi connectivity index (χ2v) is 8.99. The highest BCUT2D eigenvalue weighted by Crippen LogP contribution is 2.38. The minimum absolute atomic E-state index is 0.0236. The molecule has 0 aliphatic heterocycles. The molecule has 1 atom stereocenters. The lowest BCUT2D eigenvalue weighted by molar-refractivity contribution is 0.462. The number of anilines is 1. The third-order valence-electron chi connectivity index (χ3n) is 4.43. The van der Waals surface area contributed by atoms with Crippen molar-refractivity contribution in [2.75, 3.05) is 5.32 Å². The standard InChI is InChI=1S/C18H21N5OS2/c1-12(15-20-21-16(24-15)13-8-4-2-5-9-13)25-18-23-22-17(26-18)19-14-10-6-3-7-11-14/h2,4-5,8-9,12,14H,3,6-7,10-11H2,1H3,(H,19,22)/t12-/m1/s1. The Morgan fingerprint density at radius 3 is 2.69 bits per heavy atom. The van der Waals surface area contributed by atoms with Crippen molar-refractivity contribution in [1.29, 1.82) is 0 Å². The second-order valence-electron chi connectivity index (χ2n) is 6.42. The Labute approximate surface area is 160 Å². The third-order valence-corrected chi connectivity index (χ3v) is 6.45. The fourth-order valence-electron chi connectivity index (χ4n) is 3.04. The van der Waals surface area contributed by atoms with Gasteiger partial charge < -0.3 is 9.73 Å². The van der Waals surface area contributed by atoms with Crippen molar-refractivity contribution in [2.45, 2.75) is 54.7 Å². The lowest BCUT2D eigenvalue weighted by Crippen LogP contribution is -2.21. The molecule has 0 saturated heterocycles. The summed E-state index contributed by atoms with van der Waals surface area (Å²) in [5.41, 5.74) is 0.929. The number of thioether (sulfide) groups is 1. The van der Waals surface area contributed by atoms with Gasteiger partial charge in [0.05, 0.1) is 5.25 Å². The molecule has 1 aliphatic rings. The lowest BCUT2D eigenvalue weighted by Gasteiger charge is -2.21. The average Bonchev–Trinajstić information content (AvgIpc) is 3.33. The van der Waals surface area contributed by atoms with E-state index in [-0.39, 0.29) is 5.25 Å². The minimum atomic E-state index is 0.0236. The molecule has 0 radical (unpaired) electrons. The molecular formula is C18H21N5OS2. The van der Waals surface area contributed by atoms with Crippen molar-refractivity contribution < 1.29 is 4.42 Å². The van der Waals surface area contributed by atoms with E-state index >= 15 is 0 Å². The number of nitrogens with one attached hydrogen (secondary N) is 1. The molecule has 1 saturated carbocycles. The Morgan fingerprint density at radius 1 is 1.08 bits per heavy atom. The molecule has 2 aromatic heterocycles. The van der Waals surface area contributed by atoms with Crippen LogP contribution in [0.2, 0.25) is 0 Å². The van der Waals surface area contributed by atoms with Gasteiger partial charge in [0.1, 0.15) is 0 Å². The van der Waals surface area contributed by atoms with E-state index in [1.54, 1.807) is 23.1 Å². The Balaban J connectivity index is 1.37. The number of aromatic nitrogens is 4. The van der Waals surface area contributed by atoms with Crippen LogP contribution in [-0.2, 0) is 0 Å². The summed E-state index contributed by atoms with van der Waals surface area (Å²) in [6, 6.07) is 10.3. The molecule has 3 aromatic rings. The zero-order valence-electron chi connectivity index (χ0n) is 14.6. The molecule has 0 unspecified atom stereocenters. The van der Waals surface area contributed by atoms with E-state index in [1.807, 2.05) is 37.3 Å². The van der Waals surface area contributed by atoms with Crippen LogP contribution in [0, 0.1) is 0 Å². The monoisotopic (exact) mass is 387 g/mol. The van der Waals surface area contributed by atoms with Gasteiger partial charge in [-0.15, -0.1) is 20.4 Å². The molecule has 1 fully saturated rings. The van der Waals surface area contributed by atoms with Gasteiger partial charge in [-0.2, -0.15) is 0 Å². The van der Waals surface area contributed by atoms with E-state index < -0.39 is 0 Å². The highest BCUT2D eigenvalue weighted by Gasteiger charge is 2.20. The van der Waals surface area contributed by atoms with E-state index in [1.165, 1.54) is 32.1 Å². The van der Waals surface area contributed by atoms with E-state index in [2.05, 4.69) is 25.7 Å². The number of rotatable bonds is 6. The van der Waals surface area contributed by atoms with Gasteiger partial charge in [-0.3, -0.25) is 0 Å². The Morgan fingerprint density at radius 2 is 1.88 bits per heavy atom. The summed E-state index contributed by atoms with van der Waals surface area (Å²) in [5, 5.41) is 21.4. The van der Waals surface area contributed by atoms with Crippen molar-refractivity contribution in [3.8, 4) is 11.5 Å². The summed E-state index contributed by atoms with van der Waals surface area (Å²) < 4.78 is 6.74. The molecule has 0 bridgehead atoms. The molecular weight excluding hydrogens is 366 g/mol. The summed E-state index contributed by atoms with van der Waals surface area (Å²) >= 11 is 3.19. The predicted octanol–water partition coefficient (Wildman–Crippen LogP) is 5.19. The van der Waals surface area contributed by atoms with E-state index in [0.717, 1.165) is 15.0 Å². The summed E-state index contributed by atoms with van der Waals surface area (Å²) in [6.45, 7) is 2.04. The average molecular weight is 388 g/mol. The predicted molar refractivity (Wildman–Crippen MR) is 104 cm³/mol. The molecule has 4 rings (SSSR count). The highest BCUT2D eigenvalue weighted by atomic mass is 32.2. The zero-order chi connectivity index (χ0) is 17.8. The largest absolute Gasteiger partial charge is 0.419 e. The smallest absolute Gasteiger partial charge is 0.247 e. The molecule has 8 heteroatoms. The Bertz CT molecular complexity index is 829. The van der Waals surface area contributed by atoms with Crippen LogP contribution < -0.4 is 5.32 Å². The molecule has 136 valence electrons. The molecule has 0 spiro atoms. The van der Waals surface area contributed by atoms with E-state index in [4.69, 9.17) is 4.42 Å². The summed E-state index contributed by atoms with van der Waals surface area (Å²) in [5.74, 6) is 1.15. The fourth-order valence-corrected chi connectivity index (χ4v) is 5.04. The van der Waals surface area contributed by atoms with Crippen LogP contribution in [0.25, 0.3) is 11.5 Å². The first-order chi connectivity index (χ1) is 12.8. The van der Waals surface area contributed by atoms with Crippen molar-refractivity contribution >= 4 is 28.2 Å². The van der Waals surface area contributed by atoms with Crippen LogP contribution in [0.5, 0.6) is 0 Å². The van der Waals surface area contributed by atoms with E-state index in [9.17, 15) is 0 Å². The Hall–Kier alpha value is -1.93. The second kappa shape index (κ2) is 8.18. The van der Waals surface area contributed by atoms with Crippen LogP contribution in [0.15, 0.2) is 39.1 Å². The molecule has 1 aromatic carbocycles. The number of hydrogen-bond acceptors (Lipinski definition) is 8. The zero-order valence-corrected chi connectivity index (χ0v) is 16.2. The molecule has 26 heavy (non-hydrogen) atoms. The Kier molecular flexibility index (Phi) is 5.50. The quantitative estimate of drug-likeness (QED) is 0.583. The van der Waals surface area contributed by atoms with E-state index in [0.29, 0.717) is 17.8 Å². The third kappa shape index (κ3) is 4.24. The van der Waals surface area contributed by atoms with Gasteiger partial charge >= 0.3 is 0 Å². The van der Waals surface area contributed by atoms with Crippen molar-refractivity contribution in [3.05, 3.63) is 36.2 Å². The van der Waals surface area contributed by atoms with Crippen molar-refractivity contribution in [1.82, 2.24) is 20.4 Å². The van der Waals surface area contributed by atoms with Crippen LogP contribution in [0.4, 0.5) is 5.13 Å². The van der Waals surface area contributed by atoms with Gasteiger partial charge in [-0.1, -0.05) is 60.6 Å². The van der Waals surface area contributed by atoms with Crippen LogP contribution in [0.3, 0.4) is 0 Å². The first kappa shape index (κ1) is 17.5. The minimum Gasteiger partial charge on any atom is -0.419 e. The van der Waals surface area contributed by atoms with Gasteiger partial charge in [0.15, 0.2) is 4.34 Å².